The maximum absolute atomic E-state index is 12.7. The molecule has 2 aromatic carbocycles. The van der Waals surface area contributed by atoms with Gasteiger partial charge in [-0.05, 0) is 48.0 Å². The van der Waals surface area contributed by atoms with Crippen LogP contribution in [0, 0.1) is 0 Å². The second-order valence-corrected chi connectivity index (χ2v) is 6.30. The van der Waals surface area contributed by atoms with Crippen molar-refractivity contribution in [1.82, 2.24) is 4.98 Å². The summed E-state index contributed by atoms with van der Waals surface area (Å²) in [6.07, 6.45) is 3.66. The number of aromatic nitrogens is 1. The molecule has 0 aliphatic carbocycles. The van der Waals surface area contributed by atoms with Gasteiger partial charge < -0.3 is 4.74 Å². The summed E-state index contributed by atoms with van der Waals surface area (Å²) < 4.78 is 6.57. The predicted octanol–water partition coefficient (Wildman–Crippen LogP) is 4.66. The molecule has 0 radical (unpaired) electrons. The summed E-state index contributed by atoms with van der Waals surface area (Å²) in [5.41, 5.74) is 3.16. The van der Waals surface area contributed by atoms with Crippen LogP contribution in [0.3, 0.4) is 0 Å². The van der Waals surface area contributed by atoms with Gasteiger partial charge in [0.05, 0.1) is 11.1 Å². The topological polar surface area (TPSA) is 39.2 Å². The summed E-state index contributed by atoms with van der Waals surface area (Å²) in [5, 5.41) is 1.05. The van der Waals surface area contributed by atoms with Gasteiger partial charge in [-0.1, -0.05) is 28.1 Å². The molecule has 1 aromatic heterocycles. The molecule has 0 saturated heterocycles. The van der Waals surface area contributed by atoms with E-state index < -0.39 is 0 Å². The third-order valence-corrected chi connectivity index (χ3v) is 4.32. The van der Waals surface area contributed by atoms with Crippen LogP contribution in [0.2, 0.25) is 0 Å². The number of fused-ring (bicyclic) bond motifs is 2. The Morgan fingerprint density at radius 3 is 2.96 bits per heavy atom. The number of ketones is 1. The number of nitrogens with zero attached hydrogens (tertiary/aromatic N) is 1. The minimum Gasteiger partial charge on any atom is -0.488 e. The molecule has 112 valence electrons. The third-order valence-electron chi connectivity index (χ3n) is 3.83. The number of pyridine rings is 1. The molecule has 0 N–H and O–H groups in total. The van der Waals surface area contributed by atoms with Crippen molar-refractivity contribution >= 4 is 38.7 Å². The van der Waals surface area contributed by atoms with Gasteiger partial charge in [-0.2, -0.15) is 0 Å². The van der Waals surface area contributed by atoms with Crippen LogP contribution in [0.1, 0.15) is 15.9 Å². The van der Waals surface area contributed by atoms with E-state index in [1.165, 1.54) is 0 Å². The standard InChI is InChI=1S/C19H12BrNO2/c20-15-4-6-18-16(10-15)19(22)14(11-23-18)9-12-3-5-17-13(8-12)2-1-7-21-17/h1-10H,11H2/b14-9-. The highest BCUT2D eigenvalue weighted by Crippen LogP contribution is 2.30. The van der Waals surface area contributed by atoms with Crippen LogP contribution in [0.15, 0.2) is 64.8 Å². The molecule has 0 amide bonds. The van der Waals surface area contributed by atoms with Gasteiger partial charge in [0.25, 0.3) is 0 Å². The summed E-state index contributed by atoms with van der Waals surface area (Å²) in [5.74, 6) is 0.650. The first-order chi connectivity index (χ1) is 11.2. The zero-order chi connectivity index (χ0) is 15.8. The Labute approximate surface area is 141 Å². The van der Waals surface area contributed by atoms with E-state index >= 15 is 0 Å². The third kappa shape index (κ3) is 2.66. The second kappa shape index (κ2) is 5.63. The lowest BCUT2D eigenvalue weighted by atomic mass is 9.98. The number of hydrogen-bond acceptors (Lipinski definition) is 3. The molecule has 3 aromatic rings. The van der Waals surface area contributed by atoms with E-state index in [9.17, 15) is 4.79 Å². The van der Waals surface area contributed by atoms with Gasteiger partial charge in [-0.15, -0.1) is 0 Å². The molecule has 4 rings (SSSR count). The number of carbonyl (C=O) groups is 1. The molecule has 3 nitrogen and oxygen atoms in total. The first kappa shape index (κ1) is 14.2. The maximum Gasteiger partial charge on any atom is 0.196 e. The summed E-state index contributed by atoms with van der Waals surface area (Å²) in [4.78, 5) is 17.0. The lowest BCUT2D eigenvalue weighted by Gasteiger charge is -2.19. The van der Waals surface area contributed by atoms with Crippen LogP contribution in [-0.4, -0.2) is 17.4 Å². The van der Waals surface area contributed by atoms with Crippen molar-refractivity contribution in [3.05, 3.63) is 75.9 Å². The van der Waals surface area contributed by atoms with E-state index in [1.807, 2.05) is 48.5 Å². The largest absolute Gasteiger partial charge is 0.488 e. The number of hydrogen-bond donors (Lipinski definition) is 0. The Balaban J connectivity index is 1.74. The minimum atomic E-state index is 0.0128. The number of rotatable bonds is 1. The van der Waals surface area contributed by atoms with Crippen LogP contribution < -0.4 is 4.74 Å². The molecule has 0 unspecified atom stereocenters. The van der Waals surface area contributed by atoms with Gasteiger partial charge in [-0.3, -0.25) is 9.78 Å². The first-order valence-electron chi connectivity index (χ1n) is 7.23. The van der Waals surface area contributed by atoms with Crippen molar-refractivity contribution in [3.63, 3.8) is 0 Å². The van der Waals surface area contributed by atoms with Gasteiger partial charge in [0.15, 0.2) is 5.78 Å². The monoisotopic (exact) mass is 365 g/mol. The summed E-state index contributed by atoms with van der Waals surface area (Å²) in [6, 6.07) is 15.4. The van der Waals surface area contributed by atoms with Crippen molar-refractivity contribution in [2.45, 2.75) is 0 Å². The molecule has 0 fully saturated rings. The Morgan fingerprint density at radius 2 is 2.04 bits per heavy atom. The summed E-state index contributed by atoms with van der Waals surface area (Å²) in [6.45, 7) is 0.290. The molecule has 4 heteroatoms. The Hall–Kier alpha value is -2.46. The van der Waals surface area contributed by atoms with Crippen molar-refractivity contribution in [2.24, 2.45) is 0 Å². The highest BCUT2D eigenvalue weighted by Gasteiger charge is 2.23. The average molecular weight is 366 g/mol. The van der Waals surface area contributed by atoms with Gasteiger partial charge in [-0.25, -0.2) is 0 Å². The Kier molecular flexibility index (Phi) is 3.46. The van der Waals surface area contributed by atoms with E-state index in [4.69, 9.17) is 4.74 Å². The molecule has 1 aliphatic rings. The lowest BCUT2D eigenvalue weighted by Crippen LogP contribution is -2.19. The van der Waals surface area contributed by atoms with Crippen LogP contribution in [-0.2, 0) is 0 Å². The number of Topliss-reactive ketones (excluding diaryl/α,β-unsaturated/α-hetero) is 1. The zero-order valence-corrected chi connectivity index (χ0v) is 13.7. The lowest BCUT2D eigenvalue weighted by molar-refractivity contribution is 0.100. The summed E-state index contributed by atoms with van der Waals surface area (Å²) >= 11 is 3.40. The smallest absolute Gasteiger partial charge is 0.196 e. The number of ether oxygens (including phenoxy) is 1. The van der Waals surface area contributed by atoms with E-state index in [0.29, 0.717) is 23.5 Å². The van der Waals surface area contributed by atoms with Gasteiger partial charge in [0.1, 0.15) is 12.4 Å². The highest BCUT2D eigenvalue weighted by atomic mass is 79.9. The van der Waals surface area contributed by atoms with Gasteiger partial charge >= 0.3 is 0 Å². The second-order valence-electron chi connectivity index (χ2n) is 5.38. The minimum absolute atomic E-state index is 0.0128. The van der Waals surface area contributed by atoms with E-state index in [0.717, 1.165) is 20.9 Å². The normalized spacial score (nSPS) is 15.5. The molecule has 0 atom stereocenters. The molecule has 0 spiro atoms. The molecular formula is C19H12BrNO2. The van der Waals surface area contributed by atoms with E-state index in [2.05, 4.69) is 20.9 Å². The Morgan fingerprint density at radius 1 is 1.13 bits per heavy atom. The SMILES string of the molecule is O=C1/C(=C\c2ccc3ncccc3c2)COc2ccc(Br)cc21. The van der Waals surface area contributed by atoms with Crippen molar-refractivity contribution in [1.29, 1.82) is 0 Å². The van der Waals surface area contributed by atoms with Crippen molar-refractivity contribution in [2.75, 3.05) is 6.61 Å². The van der Waals surface area contributed by atoms with Crippen LogP contribution in [0.4, 0.5) is 0 Å². The first-order valence-corrected chi connectivity index (χ1v) is 8.02. The number of benzene rings is 2. The molecular weight excluding hydrogens is 354 g/mol. The highest BCUT2D eigenvalue weighted by molar-refractivity contribution is 9.10. The fraction of sp³-hybridized carbons (Fsp3) is 0.0526. The quantitative estimate of drug-likeness (QED) is 0.589. The van der Waals surface area contributed by atoms with Crippen LogP contribution in [0.25, 0.3) is 17.0 Å². The number of halogens is 1. The maximum atomic E-state index is 12.7. The van der Waals surface area contributed by atoms with E-state index in [1.54, 1.807) is 12.3 Å². The average Bonchev–Trinajstić information content (AvgIpc) is 2.58. The molecule has 2 heterocycles. The molecule has 0 bridgehead atoms. The fourth-order valence-corrected chi connectivity index (χ4v) is 3.05. The zero-order valence-electron chi connectivity index (χ0n) is 12.1. The van der Waals surface area contributed by atoms with Crippen LogP contribution >= 0.6 is 15.9 Å². The molecule has 23 heavy (non-hydrogen) atoms. The van der Waals surface area contributed by atoms with Gasteiger partial charge in [0, 0.05) is 21.6 Å². The summed E-state index contributed by atoms with van der Waals surface area (Å²) in [7, 11) is 0. The van der Waals surface area contributed by atoms with Crippen molar-refractivity contribution in [3.8, 4) is 5.75 Å². The molecule has 1 aliphatic heterocycles. The fourth-order valence-electron chi connectivity index (χ4n) is 2.69. The Bertz CT molecular complexity index is 962. The van der Waals surface area contributed by atoms with Gasteiger partial charge in [0.2, 0.25) is 0 Å². The van der Waals surface area contributed by atoms with Crippen molar-refractivity contribution < 1.29 is 9.53 Å². The van der Waals surface area contributed by atoms with Crippen LogP contribution in [0.5, 0.6) is 5.75 Å². The molecule has 0 saturated carbocycles. The van der Waals surface area contributed by atoms with E-state index in [-0.39, 0.29) is 5.78 Å². The number of carbonyl (C=O) groups excluding carboxylic acids is 1. The predicted molar refractivity (Wildman–Crippen MR) is 93.7 cm³/mol.